The van der Waals surface area contributed by atoms with Gasteiger partial charge in [-0.3, -0.25) is 4.68 Å². The molecule has 1 heterocycles. The summed E-state index contributed by atoms with van der Waals surface area (Å²) < 4.78 is 1.76. The average Bonchev–Trinajstić information content (AvgIpc) is 2.92. The van der Waals surface area contributed by atoms with E-state index in [1.807, 2.05) is 6.20 Å². The number of aryl methyl sites for hydroxylation is 1. The van der Waals surface area contributed by atoms with Crippen molar-refractivity contribution in [3.8, 4) is 0 Å². The number of aromatic nitrogens is 3. The van der Waals surface area contributed by atoms with E-state index in [-0.39, 0.29) is 0 Å². The molecule has 0 fully saturated rings. The fourth-order valence-electron chi connectivity index (χ4n) is 1.68. The molecule has 0 aliphatic rings. The Morgan fingerprint density at radius 2 is 2.15 bits per heavy atom. The number of nitrogens with zero attached hydrogens (tertiary/aromatic N) is 3. The van der Waals surface area contributed by atoms with Crippen molar-refractivity contribution in [2.24, 2.45) is 0 Å². The van der Waals surface area contributed by atoms with Crippen molar-refractivity contribution in [2.75, 3.05) is 6.54 Å². The van der Waals surface area contributed by atoms with Crippen molar-refractivity contribution in [3.05, 3.63) is 12.4 Å². The fourth-order valence-corrected chi connectivity index (χ4v) is 1.68. The highest BCUT2D eigenvalue weighted by molar-refractivity contribution is 5.82. The quantitative estimate of drug-likeness (QED) is 0.575. The number of rotatable bonds is 9. The molecular weight excluding hydrogens is 262 g/mol. The maximum atomic E-state index is 11.4. The first kappa shape index (κ1) is 15.9. The monoisotopic (exact) mass is 283 g/mol. The summed E-state index contributed by atoms with van der Waals surface area (Å²) in [4.78, 5) is 22.2. The molecule has 0 aromatic carbocycles. The van der Waals surface area contributed by atoms with Crippen molar-refractivity contribution in [2.45, 2.75) is 45.2 Å². The first-order chi connectivity index (χ1) is 9.63. The average molecular weight is 283 g/mol. The number of hydrogen-bond acceptors (Lipinski definition) is 4. The number of amides is 2. The third-order valence-electron chi connectivity index (χ3n) is 2.83. The number of carbonyl (C=O) groups excluding carboxylic acids is 1. The number of hydrogen-bond donors (Lipinski definition) is 3. The molecule has 0 spiro atoms. The predicted molar refractivity (Wildman–Crippen MR) is 72.1 cm³/mol. The third kappa shape index (κ3) is 6.17. The van der Waals surface area contributed by atoms with E-state index in [2.05, 4.69) is 20.9 Å². The molecule has 8 nitrogen and oxygen atoms in total. The van der Waals surface area contributed by atoms with Gasteiger partial charge in [0.15, 0.2) is 0 Å². The SMILES string of the molecule is CC[C@@H](NC(=O)NCCCCCn1ccnn1)C(=O)O. The summed E-state index contributed by atoms with van der Waals surface area (Å²) in [6.45, 7) is 3.05. The summed E-state index contributed by atoms with van der Waals surface area (Å²) in [5.74, 6) is -1.02. The Hall–Kier alpha value is -2.12. The topological polar surface area (TPSA) is 109 Å². The zero-order valence-electron chi connectivity index (χ0n) is 11.6. The summed E-state index contributed by atoms with van der Waals surface area (Å²) in [6.07, 6.45) is 6.56. The molecule has 2 amide bonds. The molecule has 0 aliphatic heterocycles. The third-order valence-corrected chi connectivity index (χ3v) is 2.83. The summed E-state index contributed by atoms with van der Waals surface area (Å²) in [5.41, 5.74) is 0. The lowest BCUT2D eigenvalue weighted by Crippen LogP contribution is -2.45. The minimum Gasteiger partial charge on any atom is -0.480 e. The van der Waals surface area contributed by atoms with Gasteiger partial charge in [0.25, 0.3) is 0 Å². The highest BCUT2D eigenvalue weighted by atomic mass is 16.4. The van der Waals surface area contributed by atoms with Crippen molar-refractivity contribution < 1.29 is 14.7 Å². The van der Waals surface area contributed by atoms with Crippen LogP contribution in [0.25, 0.3) is 0 Å². The molecule has 0 aliphatic carbocycles. The van der Waals surface area contributed by atoms with Crippen LogP contribution in [0.4, 0.5) is 4.79 Å². The Balaban J connectivity index is 2.03. The van der Waals surface area contributed by atoms with E-state index in [0.717, 1.165) is 25.8 Å². The lowest BCUT2D eigenvalue weighted by molar-refractivity contribution is -0.139. The van der Waals surface area contributed by atoms with Gasteiger partial charge in [0.1, 0.15) is 6.04 Å². The second kappa shape index (κ2) is 8.89. The molecule has 0 unspecified atom stereocenters. The molecule has 1 aromatic heterocycles. The van der Waals surface area contributed by atoms with Crippen LogP contribution < -0.4 is 10.6 Å². The van der Waals surface area contributed by atoms with Gasteiger partial charge in [0, 0.05) is 19.3 Å². The lowest BCUT2D eigenvalue weighted by Gasteiger charge is -2.13. The van der Waals surface area contributed by atoms with Gasteiger partial charge in [0.2, 0.25) is 0 Å². The van der Waals surface area contributed by atoms with Crippen LogP contribution in [-0.4, -0.2) is 44.7 Å². The molecule has 1 atom stereocenters. The van der Waals surface area contributed by atoms with Crippen LogP contribution in [0.3, 0.4) is 0 Å². The van der Waals surface area contributed by atoms with E-state index in [1.165, 1.54) is 0 Å². The van der Waals surface area contributed by atoms with Crippen molar-refractivity contribution in [1.82, 2.24) is 25.6 Å². The van der Waals surface area contributed by atoms with E-state index >= 15 is 0 Å². The van der Waals surface area contributed by atoms with Crippen molar-refractivity contribution in [1.29, 1.82) is 0 Å². The molecule has 0 bridgehead atoms. The molecule has 0 saturated heterocycles. The van der Waals surface area contributed by atoms with E-state index in [9.17, 15) is 9.59 Å². The number of urea groups is 1. The Morgan fingerprint density at radius 1 is 1.35 bits per heavy atom. The molecule has 112 valence electrons. The minimum atomic E-state index is -1.02. The number of carbonyl (C=O) groups is 2. The van der Waals surface area contributed by atoms with Crippen molar-refractivity contribution in [3.63, 3.8) is 0 Å². The standard InChI is InChI=1S/C12H21N5O3/c1-2-10(11(18)19)15-12(20)13-6-4-3-5-8-17-9-7-14-16-17/h7,9-10H,2-6,8H2,1H3,(H,18,19)(H2,13,15,20)/t10-/m1/s1. The van der Waals surface area contributed by atoms with Crippen LogP contribution in [0.1, 0.15) is 32.6 Å². The van der Waals surface area contributed by atoms with Crippen LogP contribution in [0.5, 0.6) is 0 Å². The highest BCUT2D eigenvalue weighted by Gasteiger charge is 2.16. The number of aliphatic carboxylic acids is 1. The molecule has 0 radical (unpaired) electrons. The van der Waals surface area contributed by atoms with E-state index in [1.54, 1.807) is 17.8 Å². The summed E-state index contributed by atoms with van der Waals surface area (Å²) in [7, 11) is 0. The highest BCUT2D eigenvalue weighted by Crippen LogP contribution is 1.97. The lowest BCUT2D eigenvalue weighted by atomic mass is 10.2. The first-order valence-corrected chi connectivity index (χ1v) is 6.74. The number of carboxylic acid groups (broad SMARTS) is 1. The summed E-state index contributed by atoms with van der Waals surface area (Å²) >= 11 is 0. The van der Waals surface area contributed by atoms with E-state index < -0.39 is 18.0 Å². The molecule has 1 rings (SSSR count). The Bertz CT molecular complexity index is 407. The second-order valence-electron chi connectivity index (χ2n) is 4.43. The van der Waals surface area contributed by atoms with Gasteiger partial charge in [-0.05, 0) is 25.7 Å². The van der Waals surface area contributed by atoms with Gasteiger partial charge in [-0.2, -0.15) is 0 Å². The molecule has 20 heavy (non-hydrogen) atoms. The smallest absolute Gasteiger partial charge is 0.326 e. The Morgan fingerprint density at radius 3 is 2.75 bits per heavy atom. The number of nitrogens with one attached hydrogen (secondary N) is 2. The van der Waals surface area contributed by atoms with Gasteiger partial charge < -0.3 is 15.7 Å². The number of carboxylic acids is 1. The fraction of sp³-hybridized carbons (Fsp3) is 0.667. The van der Waals surface area contributed by atoms with E-state index in [4.69, 9.17) is 5.11 Å². The predicted octanol–water partition coefficient (Wildman–Crippen LogP) is 0.611. The number of unbranched alkanes of at least 4 members (excludes halogenated alkanes) is 2. The van der Waals surface area contributed by atoms with Crippen LogP contribution in [0, 0.1) is 0 Å². The van der Waals surface area contributed by atoms with Crippen LogP contribution in [0.15, 0.2) is 12.4 Å². The van der Waals surface area contributed by atoms with Gasteiger partial charge in [-0.25, -0.2) is 9.59 Å². The Kier molecular flexibility index (Phi) is 7.08. The molecule has 1 aromatic rings. The van der Waals surface area contributed by atoms with E-state index in [0.29, 0.717) is 13.0 Å². The summed E-state index contributed by atoms with van der Waals surface area (Å²) in [6, 6.07) is -1.27. The molecule has 3 N–H and O–H groups in total. The normalized spacial score (nSPS) is 11.8. The molecule has 0 saturated carbocycles. The minimum absolute atomic E-state index is 0.362. The summed E-state index contributed by atoms with van der Waals surface area (Å²) in [5, 5.41) is 21.4. The van der Waals surface area contributed by atoms with Crippen LogP contribution in [0.2, 0.25) is 0 Å². The van der Waals surface area contributed by atoms with Crippen LogP contribution >= 0.6 is 0 Å². The van der Waals surface area contributed by atoms with Gasteiger partial charge in [-0.1, -0.05) is 12.1 Å². The van der Waals surface area contributed by atoms with Crippen molar-refractivity contribution >= 4 is 12.0 Å². The van der Waals surface area contributed by atoms with Gasteiger partial charge in [-0.15, -0.1) is 5.10 Å². The van der Waals surface area contributed by atoms with Gasteiger partial charge >= 0.3 is 12.0 Å². The zero-order chi connectivity index (χ0) is 14.8. The molecular formula is C12H21N5O3. The second-order valence-corrected chi connectivity index (χ2v) is 4.43. The zero-order valence-corrected chi connectivity index (χ0v) is 11.6. The van der Waals surface area contributed by atoms with Crippen LogP contribution in [-0.2, 0) is 11.3 Å². The largest absolute Gasteiger partial charge is 0.480 e. The Labute approximate surface area is 117 Å². The first-order valence-electron chi connectivity index (χ1n) is 6.74. The maximum Gasteiger partial charge on any atom is 0.326 e. The maximum absolute atomic E-state index is 11.4. The van der Waals surface area contributed by atoms with Gasteiger partial charge in [0.05, 0.1) is 6.20 Å². The molecule has 8 heteroatoms.